The van der Waals surface area contributed by atoms with Crippen molar-refractivity contribution in [3.05, 3.63) is 44.8 Å². The smallest absolute Gasteiger partial charge is 0.337 e. The first-order valence-corrected chi connectivity index (χ1v) is 4.67. The van der Waals surface area contributed by atoms with Gasteiger partial charge in [0.1, 0.15) is 5.58 Å². The number of hydrogen-bond donors (Lipinski definition) is 0. The van der Waals surface area contributed by atoms with Gasteiger partial charge in [0.15, 0.2) is 0 Å². The highest BCUT2D eigenvalue weighted by Gasteiger charge is 2.08. The molecule has 3 heteroatoms. The Bertz CT molecular complexity index is 555. The topological polar surface area (TPSA) is 30.2 Å². The summed E-state index contributed by atoms with van der Waals surface area (Å²) in [6, 6.07) is 5.18. The number of halogens is 1. The minimum Gasteiger partial charge on any atom is -0.422 e. The largest absolute Gasteiger partial charge is 0.422 e. The molecule has 0 aliphatic rings. The van der Waals surface area contributed by atoms with Crippen molar-refractivity contribution in [3.8, 4) is 0 Å². The van der Waals surface area contributed by atoms with E-state index in [0.29, 0.717) is 10.6 Å². The van der Waals surface area contributed by atoms with Crippen molar-refractivity contribution >= 4 is 22.6 Å². The number of fused-ring (bicyclic) bond motifs is 1. The monoisotopic (exact) mass is 208 g/mol. The highest BCUT2D eigenvalue weighted by molar-refractivity contribution is 6.35. The van der Waals surface area contributed by atoms with Crippen LogP contribution < -0.4 is 5.63 Å². The molecule has 0 spiro atoms. The molecule has 2 rings (SSSR count). The normalized spacial score (nSPS) is 10.8. The standard InChI is InChI=1S/C11H9ClO2/c1-6-3-4-7(2)11-10(6)8(12)5-9(13)14-11/h3-5H,1-2H3. The fraction of sp³-hybridized carbons (Fsp3) is 0.182. The summed E-state index contributed by atoms with van der Waals surface area (Å²) in [5, 5.41) is 1.28. The Balaban J connectivity index is 3.07. The van der Waals surface area contributed by atoms with Crippen LogP contribution in [0.5, 0.6) is 0 Å². The van der Waals surface area contributed by atoms with E-state index in [1.807, 2.05) is 26.0 Å². The van der Waals surface area contributed by atoms with E-state index in [0.717, 1.165) is 16.5 Å². The predicted octanol–water partition coefficient (Wildman–Crippen LogP) is 3.06. The molecule has 0 unspecified atom stereocenters. The Morgan fingerprint density at radius 1 is 1.21 bits per heavy atom. The summed E-state index contributed by atoms with van der Waals surface area (Å²) in [6.45, 7) is 3.83. The highest BCUT2D eigenvalue weighted by Crippen LogP contribution is 2.27. The van der Waals surface area contributed by atoms with Crippen LogP contribution in [0.2, 0.25) is 5.02 Å². The molecule has 0 aliphatic heterocycles. The third kappa shape index (κ3) is 1.32. The van der Waals surface area contributed by atoms with Gasteiger partial charge in [-0.1, -0.05) is 23.7 Å². The first-order chi connectivity index (χ1) is 6.59. The zero-order valence-corrected chi connectivity index (χ0v) is 8.68. The molecule has 0 bridgehead atoms. The lowest BCUT2D eigenvalue weighted by Gasteiger charge is -2.04. The summed E-state index contributed by atoms with van der Waals surface area (Å²) >= 11 is 5.98. The molecule has 0 radical (unpaired) electrons. The van der Waals surface area contributed by atoms with Gasteiger partial charge in [-0.3, -0.25) is 0 Å². The Kier molecular flexibility index (Phi) is 2.08. The molecule has 0 atom stereocenters. The molecule has 0 N–H and O–H groups in total. The van der Waals surface area contributed by atoms with Gasteiger partial charge in [0.25, 0.3) is 0 Å². The van der Waals surface area contributed by atoms with E-state index in [-0.39, 0.29) is 0 Å². The van der Waals surface area contributed by atoms with E-state index >= 15 is 0 Å². The van der Waals surface area contributed by atoms with Gasteiger partial charge in [-0.25, -0.2) is 4.79 Å². The molecule has 1 heterocycles. The summed E-state index contributed by atoms with van der Waals surface area (Å²) in [5.41, 5.74) is 2.11. The van der Waals surface area contributed by atoms with E-state index < -0.39 is 5.63 Å². The molecule has 0 saturated carbocycles. The van der Waals surface area contributed by atoms with Crippen LogP contribution in [-0.2, 0) is 0 Å². The first kappa shape index (κ1) is 9.28. The van der Waals surface area contributed by atoms with Crippen molar-refractivity contribution in [2.75, 3.05) is 0 Å². The Hall–Kier alpha value is -1.28. The Morgan fingerprint density at radius 3 is 2.57 bits per heavy atom. The molecule has 72 valence electrons. The average Bonchev–Trinajstić information content (AvgIpc) is 2.10. The molecule has 1 aromatic carbocycles. The van der Waals surface area contributed by atoms with Gasteiger partial charge in [0, 0.05) is 11.5 Å². The van der Waals surface area contributed by atoms with E-state index in [4.69, 9.17) is 16.0 Å². The number of aryl methyl sites for hydroxylation is 2. The molecule has 0 fully saturated rings. The second-order valence-electron chi connectivity index (χ2n) is 3.32. The minimum absolute atomic E-state index is 0.406. The van der Waals surface area contributed by atoms with Crippen LogP contribution in [-0.4, -0.2) is 0 Å². The van der Waals surface area contributed by atoms with Crippen molar-refractivity contribution < 1.29 is 4.42 Å². The zero-order chi connectivity index (χ0) is 10.3. The third-order valence-corrected chi connectivity index (χ3v) is 2.55. The lowest BCUT2D eigenvalue weighted by molar-refractivity contribution is 0.558. The van der Waals surface area contributed by atoms with Crippen molar-refractivity contribution in [2.24, 2.45) is 0 Å². The van der Waals surface area contributed by atoms with Gasteiger partial charge in [-0.2, -0.15) is 0 Å². The average molecular weight is 209 g/mol. The van der Waals surface area contributed by atoms with Crippen molar-refractivity contribution in [2.45, 2.75) is 13.8 Å². The van der Waals surface area contributed by atoms with Crippen molar-refractivity contribution in [1.29, 1.82) is 0 Å². The maximum absolute atomic E-state index is 11.1. The fourth-order valence-corrected chi connectivity index (χ4v) is 1.84. The molecule has 0 amide bonds. The van der Waals surface area contributed by atoms with E-state index in [2.05, 4.69) is 0 Å². The van der Waals surface area contributed by atoms with E-state index in [9.17, 15) is 4.79 Å². The summed E-state index contributed by atoms with van der Waals surface area (Å²) in [5.74, 6) is 0. The van der Waals surface area contributed by atoms with Gasteiger partial charge in [0.2, 0.25) is 0 Å². The Labute approximate surface area is 86.1 Å². The second kappa shape index (κ2) is 3.14. The van der Waals surface area contributed by atoms with Crippen molar-refractivity contribution in [1.82, 2.24) is 0 Å². The van der Waals surface area contributed by atoms with E-state index in [1.165, 1.54) is 6.07 Å². The van der Waals surface area contributed by atoms with Crippen molar-refractivity contribution in [3.63, 3.8) is 0 Å². The summed E-state index contributed by atoms with van der Waals surface area (Å²) < 4.78 is 5.11. The molecular formula is C11H9ClO2. The third-order valence-electron chi connectivity index (χ3n) is 2.25. The SMILES string of the molecule is Cc1ccc(C)c2c(Cl)cc(=O)oc12. The molecular weight excluding hydrogens is 200 g/mol. The molecule has 2 nitrogen and oxygen atoms in total. The van der Waals surface area contributed by atoms with Gasteiger partial charge >= 0.3 is 5.63 Å². The van der Waals surface area contributed by atoms with Crippen LogP contribution in [0.4, 0.5) is 0 Å². The van der Waals surface area contributed by atoms with Gasteiger partial charge < -0.3 is 4.42 Å². The van der Waals surface area contributed by atoms with Gasteiger partial charge in [0.05, 0.1) is 5.02 Å². The molecule has 14 heavy (non-hydrogen) atoms. The fourth-order valence-electron chi connectivity index (χ4n) is 1.52. The first-order valence-electron chi connectivity index (χ1n) is 4.29. The molecule has 2 aromatic rings. The lowest BCUT2D eigenvalue weighted by atomic mass is 10.1. The Morgan fingerprint density at radius 2 is 1.86 bits per heavy atom. The quantitative estimate of drug-likeness (QED) is 0.623. The summed E-state index contributed by atoms with van der Waals surface area (Å²) in [6.07, 6.45) is 0. The summed E-state index contributed by atoms with van der Waals surface area (Å²) in [7, 11) is 0. The van der Waals surface area contributed by atoms with Crippen LogP contribution in [0.15, 0.2) is 27.4 Å². The summed E-state index contributed by atoms with van der Waals surface area (Å²) in [4.78, 5) is 11.1. The maximum Gasteiger partial charge on any atom is 0.337 e. The van der Waals surface area contributed by atoms with Crippen LogP contribution in [0.1, 0.15) is 11.1 Å². The van der Waals surface area contributed by atoms with Crippen LogP contribution in [0.3, 0.4) is 0 Å². The van der Waals surface area contributed by atoms with Crippen LogP contribution in [0.25, 0.3) is 11.0 Å². The van der Waals surface area contributed by atoms with Gasteiger partial charge in [-0.05, 0) is 25.0 Å². The highest BCUT2D eigenvalue weighted by atomic mass is 35.5. The minimum atomic E-state index is -0.406. The zero-order valence-electron chi connectivity index (χ0n) is 7.93. The van der Waals surface area contributed by atoms with Gasteiger partial charge in [-0.15, -0.1) is 0 Å². The number of hydrogen-bond acceptors (Lipinski definition) is 2. The van der Waals surface area contributed by atoms with Crippen LogP contribution in [0, 0.1) is 13.8 Å². The lowest BCUT2D eigenvalue weighted by Crippen LogP contribution is -1.98. The van der Waals surface area contributed by atoms with E-state index in [1.54, 1.807) is 0 Å². The predicted molar refractivity (Wildman–Crippen MR) is 57.0 cm³/mol. The molecule has 0 aliphatic carbocycles. The number of benzene rings is 1. The number of rotatable bonds is 0. The second-order valence-corrected chi connectivity index (χ2v) is 3.72. The molecule has 1 aromatic heterocycles. The maximum atomic E-state index is 11.1. The van der Waals surface area contributed by atoms with Crippen LogP contribution >= 0.6 is 11.6 Å². The molecule has 0 saturated heterocycles.